The second-order valence-corrected chi connectivity index (χ2v) is 7.99. The largest absolute Gasteiger partial charge is 0.507 e. The molecule has 5 rings (SSSR count). The third-order valence-electron chi connectivity index (χ3n) is 5.89. The van der Waals surface area contributed by atoms with Crippen molar-refractivity contribution >= 4 is 5.82 Å². The number of alkyl halides is 1. The molecule has 3 heterocycles. The highest BCUT2D eigenvalue weighted by molar-refractivity contribution is 5.73. The smallest absolute Gasteiger partial charge is 0.151 e. The van der Waals surface area contributed by atoms with Crippen molar-refractivity contribution in [1.29, 1.82) is 0 Å². The van der Waals surface area contributed by atoms with Crippen LogP contribution in [0.25, 0.3) is 22.4 Å². The first-order valence-corrected chi connectivity index (χ1v) is 9.91. The van der Waals surface area contributed by atoms with Gasteiger partial charge in [0.15, 0.2) is 5.82 Å². The molecular weight excluding hydrogens is 371 g/mol. The Morgan fingerprint density at radius 2 is 2.10 bits per heavy atom. The maximum atomic E-state index is 13.1. The first-order chi connectivity index (χ1) is 14.2. The molecule has 0 bridgehead atoms. The molecule has 0 radical (unpaired) electrons. The number of aromatic hydroxyl groups is 1. The molecule has 3 N–H and O–H groups in total. The van der Waals surface area contributed by atoms with Gasteiger partial charge in [0, 0.05) is 42.0 Å². The first-order valence-electron chi connectivity index (χ1n) is 9.91. The van der Waals surface area contributed by atoms with Gasteiger partial charge in [-0.1, -0.05) is 6.07 Å². The number of benzene rings is 1. The third kappa shape index (κ3) is 3.55. The second-order valence-electron chi connectivity index (χ2n) is 7.99. The Balaban J connectivity index is 1.28. The zero-order valence-electron chi connectivity index (χ0n) is 16.0. The Bertz CT molecular complexity index is 987. The van der Waals surface area contributed by atoms with Crippen LogP contribution < -0.4 is 10.2 Å². The van der Waals surface area contributed by atoms with E-state index in [1.165, 1.54) is 0 Å². The molecule has 0 amide bonds. The number of aromatic amines is 1. The summed E-state index contributed by atoms with van der Waals surface area (Å²) in [5.41, 5.74) is 2.77. The molecule has 29 heavy (non-hydrogen) atoms. The number of phenolic OH excluding ortho intramolecular Hbond substituents is 1. The average Bonchev–Trinajstić information content (AvgIpc) is 3.11. The highest BCUT2D eigenvalue weighted by atomic mass is 19.1. The Labute approximate surface area is 168 Å². The molecule has 1 unspecified atom stereocenters. The molecule has 0 spiro atoms. The van der Waals surface area contributed by atoms with E-state index in [0.29, 0.717) is 11.3 Å². The van der Waals surface area contributed by atoms with E-state index in [9.17, 15) is 9.50 Å². The number of nitrogens with zero attached hydrogens (tertiary/aromatic N) is 4. The van der Waals surface area contributed by atoms with Crippen molar-refractivity contribution in [3.8, 4) is 28.1 Å². The number of phenols is 1. The monoisotopic (exact) mass is 394 g/mol. The lowest BCUT2D eigenvalue weighted by Gasteiger charge is -2.21. The van der Waals surface area contributed by atoms with Gasteiger partial charge < -0.3 is 15.3 Å². The molecule has 1 aliphatic carbocycles. The van der Waals surface area contributed by atoms with Gasteiger partial charge in [-0.15, -0.1) is 10.2 Å². The standard InChI is InChI=1S/C21H23FN6O/c22-13-21(6-7-21)25-16-5-8-28(12-16)20-4-3-18(26-27-20)17-2-1-14(9-19(17)29)15-10-23-24-11-15/h1-4,9-11,16,25,29H,5-8,12-13H2,(H,23,24). The van der Waals surface area contributed by atoms with E-state index >= 15 is 0 Å². The lowest BCUT2D eigenvalue weighted by Crippen LogP contribution is -2.43. The van der Waals surface area contributed by atoms with Gasteiger partial charge in [0.1, 0.15) is 12.4 Å². The zero-order chi connectivity index (χ0) is 19.8. The molecule has 3 aromatic rings. The van der Waals surface area contributed by atoms with Crippen LogP contribution >= 0.6 is 0 Å². The lowest BCUT2D eigenvalue weighted by atomic mass is 10.0. The molecule has 1 aromatic carbocycles. The van der Waals surface area contributed by atoms with E-state index in [4.69, 9.17) is 0 Å². The van der Waals surface area contributed by atoms with Crippen LogP contribution in [-0.4, -0.2) is 56.8 Å². The fourth-order valence-corrected chi connectivity index (χ4v) is 3.96. The van der Waals surface area contributed by atoms with Crippen molar-refractivity contribution in [3.63, 3.8) is 0 Å². The maximum Gasteiger partial charge on any atom is 0.151 e. The number of aromatic nitrogens is 4. The van der Waals surface area contributed by atoms with Crippen molar-refractivity contribution in [1.82, 2.24) is 25.7 Å². The van der Waals surface area contributed by atoms with Gasteiger partial charge in [-0.2, -0.15) is 5.10 Å². The van der Waals surface area contributed by atoms with Crippen molar-refractivity contribution in [2.75, 3.05) is 24.7 Å². The van der Waals surface area contributed by atoms with E-state index < -0.39 is 0 Å². The van der Waals surface area contributed by atoms with E-state index in [1.807, 2.05) is 24.3 Å². The molecule has 7 nitrogen and oxygen atoms in total. The van der Waals surface area contributed by atoms with E-state index in [1.54, 1.807) is 18.5 Å². The van der Waals surface area contributed by atoms with Crippen molar-refractivity contribution in [2.45, 2.75) is 30.8 Å². The first kappa shape index (κ1) is 18.1. The quantitative estimate of drug-likeness (QED) is 0.596. The number of halogens is 1. The van der Waals surface area contributed by atoms with Gasteiger partial charge in [-0.05, 0) is 49.1 Å². The number of hydrogen-bond donors (Lipinski definition) is 3. The van der Waals surface area contributed by atoms with Crippen LogP contribution in [0.3, 0.4) is 0 Å². The minimum Gasteiger partial charge on any atom is -0.507 e. The van der Waals surface area contributed by atoms with Crippen molar-refractivity contribution in [2.24, 2.45) is 0 Å². The van der Waals surface area contributed by atoms with Crippen LogP contribution in [0.5, 0.6) is 5.75 Å². The highest BCUT2D eigenvalue weighted by Crippen LogP contribution is 2.37. The van der Waals surface area contributed by atoms with Gasteiger partial charge in [-0.3, -0.25) is 5.10 Å². The van der Waals surface area contributed by atoms with Crippen LogP contribution in [0.1, 0.15) is 19.3 Å². The van der Waals surface area contributed by atoms with E-state index in [-0.39, 0.29) is 24.0 Å². The van der Waals surface area contributed by atoms with E-state index in [0.717, 1.165) is 49.3 Å². The minimum absolute atomic E-state index is 0.150. The Morgan fingerprint density at radius 1 is 1.21 bits per heavy atom. The summed E-state index contributed by atoms with van der Waals surface area (Å²) in [6.45, 7) is 1.39. The predicted molar refractivity (Wildman–Crippen MR) is 108 cm³/mol. The van der Waals surface area contributed by atoms with Gasteiger partial charge in [0.05, 0.1) is 11.9 Å². The van der Waals surface area contributed by atoms with E-state index in [2.05, 4.69) is 30.6 Å². The molecule has 1 aliphatic heterocycles. The third-order valence-corrected chi connectivity index (χ3v) is 5.89. The summed E-state index contributed by atoms with van der Waals surface area (Å²) in [5.74, 6) is 0.954. The number of H-pyrrole nitrogens is 1. The summed E-state index contributed by atoms with van der Waals surface area (Å²) >= 11 is 0. The summed E-state index contributed by atoms with van der Waals surface area (Å²) < 4.78 is 13.1. The Hall–Kier alpha value is -3.00. The molecule has 2 fully saturated rings. The zero-order valence-corrected chi connectivity index (χ0v) is 16.0. The topological polar surface area (TPSA) is 90.0 Å². The number of hydrogen-bond acceptors (Lipinski definition) is 6. The predicted octanol–water partition coefficient (Wildman–Crippen LogP) is 2.91. The normalized spacial score (nSPS) is 20.2. The lowest BCUT2D eigenvalue weighted by molar-refractivity contribution is 0.332. The fourth-order valence-electron chi connectivity index (χ4n) is 3.96. The number of rotatable bonds is 6. The molecular formula is C21H23FN6O. The SMILES string of the molecule is Oc1cc(-c2cn[nH]c2)ccc1-c1ccc(N2CCC(NC3(CF)CC3)C2)nn1. The van der Waals surface area contributed by atoms with Crippen LogP contribution in [-0.2, 0) is 0 Å². The Kier molecular flexibility index (Phi) is 4.43. The van der Waals surface area contributed by atoms with Crippen molar-refractivity contribution < 1.29 is 9.50 Å². The van der Waals surface area contributed by atoms with Crippen molar-refractivity contribution in [3.05, 3.63) is 42.7 Å². The van der Waals surface area contributed by atoms with Crippen LogP contribution in [0.15, 0.2) is 42.7 Å². The maximum absolute atomic E-state index is 13.1. The number of anilines is 1. The molecule has 1 saturated heterocycles. The van der Waals surface area contributed by atoms with Crippen LogP contribution in [0.4, 0.5) is 10.2 Å². The van der Waals surface area contributed by atoms with Gasteiger partial charge >= 0.3 is 0 Å². The second kappa shape index (κ2) is 7.11. The van der Waals surface area contributed by atoms with Gasteiger partial charge in [-0.25, -0.2) is 4.39 Å². The fraction of sp³-hybridized carbons (Fsp3) is 0.381. The molecule has 150 valence electrons. The van der Waals surface area contributed by atoms with Crippen LogP contribution in [0, 0.1) is 0 Å². The minimum atomic E-state index is -0.291. The molecule has 8 heteroatoms. The molecule has 2 aromatic heterocycles. The Morgan fingerprint density at radius 3 is 2.76 bits per heavy atom. The summed E-state index contributed by atoms with van der Waals surface area (Å²) in [4.78, 5) is 2.17. The summed E-state index contributed by atoms with van der Waals surface area (Å²) in [7, 11) is 0. The van der Waals surface area contributed by atoms with Crippen LogP contribution in [0.2, 0.25) is 0 Å². The van der Waals surface area contributed by atoms with Gasteiger partial charge in [0.25, 0.3) is 0 Å². The number of nitrogens with one attached hydrogen (secondary N) is 2. The van der Waals surface area contributed by atoms with Gasteiger partial charge in [0.2, 0.25) is 0 Å². The summed E-state index contributed by atoms with van der Waals surface area (Å²) in [6.07, 6.45) is 6.32. The summed E-state index contributed by atoms with van der Waals surface area (Å²) in [5, 5.41) is 29.3. The molecule has 2 aliphatic rings. The summed E-state index contributed by atoms with van der Waals surface area (Å²) in [6, 6.07) is 9.55. The molecule has 1 atom stereocenters. The molecule has 1 saturated carbocycles. The average molecular weight is 394 g/mol. The highest BCUT2D eigenvalue weighted by Gasteiger charge is 2.45.